The summed E-state index contributed by atoms with van der Waals surface area (Å²) in [6, 6.07) is 22.0. The quantitative estimate of drug-likeness (QED) is 0.301. The van der Waals surface area contributed by atoms with Crippen molar-refractivity contribution in [3.63, 3.8) is 0 Å². The molecular formula is C28H24N4O4. The molecule has 0 aliphatic carbocycles. The monoisotopic (exact) mass is 480 g/mol. The van der Waals surface area contributed by atoms with Crippen molar-refractivity contribution < 1.29 is 14.3 Å². The number of fused-ring (bicyclic) bond motifs is 1. The molecular weight excluding hydrogens is 456 g/mol. The lowest BCUT2D eigenvalue weighted by Crippen LogP contribution is -2.27. The Kier molecular flexibility index (Phi) is 7.42. The number of nitrogens with one attached hydrogen (secondary N) is 1. The van der Waals surface area contributed by atoms with Gasteiger partial charge in [0.25, 0.3) is 11.5 Å². The van der Waals surface area contributed by atoms with Crippen LogP contribution in [0.3, 0.4) is 0 Å². The zero-order valence-corrected chi connectivity index (χ0v) is 19.9. The van der Waals surface area contributed by atoms with E-state index >= 15 is 0 Å². The molecule has 0 spiro atoms. The molecule has 1 N–H and O–H groups in total. The van der Waals surface area contributed by atoms with Crippen LogP contribution in [0.1, 0.15) is 16.7 Å². The van der Waals surface area contributed by atoms with Gasteiger partial charge in [0.2, 0.25) is 5.88 Å². The first kappa shape index (κ1) is 24.2. The zero-order chi connectivity index (χ0) is 25.5. The van der Waals surface area contributed by atoms with E-state index in [1.165, 1.54) is 17.6 Å². The van der Waals surface area contributed by atoms with Crippen LogP contribution >= 0.6 is 0 Å². The van der Waals surface area contributed by atoms with Gasteiger partial charge < -0.3 is 14.8 Å². The Morgan fingerprint density at radius 3 is 2.53 bits per heavy atom. The summed E-state index contributed by atoms with van der Waals surface area (Å²) in [6.45, 7) is 2.16. The van der Waals surface area contributed by atoms with Crippen LogP contribution in [0.2, 0.25) is 0 Å². The SMILES string of the molecule is COc1ccccc1Oc1nc2c(C)cccn2c(=O)c1/C=C(\C#N)C(=O)NCCc1ccccc1. The molecule has 0 unspecified atom stereocenters. The van der Waals surface area contributed by atoms with Crippen LogP contribution in [-0.2, 0) is 11.2 Å². The third-order valence-corrected chi connectivity index (χ3v) is 5.52. The summed E-state index contributed by atoms with van der Waals surface area (Å²) in [6.07, 6.45) is 3.40. The van der Waals surface area contributed by atoms with Gasteiger partial charge in [0.1, 0.15) is 22.9 Å². The van der Waals surface area contributed by atoms with Crippen molar-refractivity contribution in [1.29, 1.82) is 5.26 Å². The first-order chi connectivity index (χ1) is 17.5. The molecule has 2 aromatic carbocycles. The lowest BCUT2D eigenvalue weighted by Gasteiger charge is -2.13. The van der Waals surface area contributed by atoms with Gasteiger partial charge in [-0.25, -0.2) is 0 Å². The van der Waals surface area contributed by atoms with E-state index in [4.69, 9.17) is 9.47 Å². The van der Waals surface area contributed by atoms with Crippen LogP contribution in [-0.4, -0.2) is 28.9 Å². The van der Waals surface area contributed by atoms with Crippen molar-refractivity contribution in [2.75, 3.05) is 13.7 Å². The van der Waals surface area contributed by atoms with Crippen molar-refractivity contribution in [1.82, 2.24) is 14.7 Å². The fourth-order valence-electron chi connectivity index (χ4n) is 3.65. The highest BCUT2D eigenvalue weighted by Crippen LogP contribution is 2.32. The molecule has 0 saturated carbocycles. The second-order valence-electron chi connectivity index (χ2n) is 7.93. The van der Waals surface area contributed by atoms with Crippen LogP contribution in [0.15, 0.2) is 83.3 Å². The van der Waals surface area contributed by atoms with Crippen LogP contribution < -0.4 is 20.3 Å². The average molecular weight is 481 g/mol. The Balaban J connectivity index is 1.73. The van der Waals surface area contributed by atoms with E-state index in [-0.39, 0.29) is 17.0 Å². The summed E-state index contributed by atoms with van der Waals surface area (Å²) < 4.78 is 12.7. The summed E-state index contributed by atoms with van der Waals surface area (Å²) in [5.74, 6) is 0.151. The number of ether oxygens (including phenoxy) is 2. The Hall–Kier alpha value is -4.90. The molecule has 180 valence electrons. The molecule has 1 amide bonds. The van der Waals surface area contributed by atoms with Gasteiger partial charge in [0.15, 0.2) is 11.5 Å². The molecule has 0 atom stereocenters. The summed E-state index contributed by atoms with van der Waals surface area (Å²) in [4.78, 5) is 30.8. The van der Waals surface area contributed by atoms with E-state index < -0.39 is 11.5 Å². The molecule has 0 bridgehead atoms. The molecule has 0 radical (unpaired) electrons. The molecule has 4 aromatic rings. The standard InChI is InChI=1S/C28H24N4O4/c1-19-9-8-16-32-25(19)31-27(36-24-13-7-6-12-23(24)35-2)22(28(32)34)17-21(18-29)26(33)30-15-14-20-10-4-3-5-11-20/h3-13,16-17H,14-15H2,1-2H3,(H,30,33)/b21-17+. The van der Waals surface area contributed by atoms with Gasteiger partial charge in [-0.15, -0.1) is 0 Å². The molecule has 2 heterocycles. The van der Waals surface area contributed by atoms with E-state index in [0.29, 0.717) is 30.1 Å². The van der Waals surface area contributed by atoms with Crippen LogP contribution in [0.25, 0.3) is 11.7 Å². The van der Waals surface area contributed by atoms with Gasteiger partial charge in [-0.1, -0.05) is 48.5 Å². The molecule has 0 saturated heterocycles. The third kappa shape index (κ3) is 5.26. The number of carbonyl (C=O) groups excluding carboxylic acids is 1. The number of amides is 1. The number of benzene rings is 2. The van der Waals surface area contributed by atoms with E-state index in [1.54, 1.807) is 36.5 Å². The fraction of sp³-hybridized carbons (Fsp3) is 0.143. The minimum absolute atomic E-state index is 0.0289. The molecule has 0 aliphatic heterocycles. The minimum Gasteiger partial charge on any atom is -0.493 e. The topological polar surface area (TPSA) is 106 Å². The highest BCUT2D eigenvalue weighted by Gasteiger charge is 2.19. The van der Waals surface area contributed by atoms with Gasteiger partial charge in [-0.2, -0.15) is 10.2 Å². The Morgan fingerprint density at radius 1 is 1.08 bits per heavy atom. The average Bonchev–Trinajstić information content (AvgIpc) is 2.90. The van der Waals surface area contributed by atoms with Crippen LogP contribution in [0, 0.1) is 18.3 Å². The van der Waals surface area contributed by atoms with Crippen LogP contribution in [0.4, 0.5) is 0 Å². The van der Waals surface area contributed by atoms with E-state index in [1.807, 2.05) is 49.4 Å². The summed E-state index contributed by atoms with van der Waals surface area (Å²) in [5.41, 5.74) is 1.47. The normalized spacial score (nSPS) is 11.1. The number of aromatic nitrogens is 2. The molecule has 4 rings (SSSR count). The van der Waals surface area contributed by atoms with Crippen molar-refractivity contribution in [2.45, 2.75) is 13.3 Å². The molecule has 0 fully saturated rings. The van der Waals surface area contributed by atoms with Crippen molar-refractivity contribution in [3.8, 4) is 23.4 Å². The van der Waals surface area contributed by atoms with Gasteiger partial charge in [-0.05, 0) is 48.7 Å². The Morgan fingerprint density at radius 2 is 1.81 bits per heavy atom. The maximum atomic E-state index is 13.4. The smallest absolute Gasteiger partial charge is 0.269 e. The number of hydrogen-bond donors (Lipinski definition) is 1. The number of aryl methyl sites for hydroxylation is 1. The van der Waals surface area contributed by atoms with E-state index in [9.17, 15) is 14.9 Å². The zero-order valence-electron chi connectivity index (χ0n) is 19.9. The van der Waals surface area contributed by atoms with Gasteiger partial charge in [-0.3, -0.25) is 14.0 Å². The first-order valence-electron chi connectivity index (χ1n) is 11.3. The van der Waals surface area contributed by atoms with E-state index in [0.717, 1.165) is 11.1 Å². The number of methoxy groups -OCH3 is 1. The van der Waals surface area contributed by atoms with Crippen molar-refractivity contribution in [2.24, 2.45) is 0 Å². The van der Waals surface area contributed by atoms with Gasteiger partial charge in [0, 0.05) is 12.7 Å². The largest absolute Gasteiger partial charge is 0.493 e. The molecule has 36 heavy (non-hydrogen) atoms. The summed E-state index contributed by atoms with van der Waals surface area (Å²) in [7, 11) is 1.50. The Labute approximate surface area is 208 Å². The minimum atomic E-state index is -0.592. The second-order valence-corrected chi connectivity index (χ2v) is 7.93. The summed E-state index contributed by atoms with van der Waals surface area (Å²) >= 11 is 0. The highest BCUT2D eigenvalue weighted by molar-refractivity contribution is 6.01. The third-order valence-electron chi connectivity index (χ3n) is 5.52. The number of nitrogens with zero attached hydrogens (tertiary/aromatic N) is 3. The lowest BCUT2D eigenvalue weighted by molar-refractivity contribution is -0.117. The first-order valence-corrected chi connectivity index (χ1v) is 11.3. The number of hydrogen-bond acceptors (Lipinski definition) is 6. The maximum Gasteiger partial charge on any atom is 0.269 e. The number of pyridine rings is 1. The van der Waals surface area contributed by atoms with Crippen LogP contribution in [0.5, 0.6) is 17.4 Å². The number of nitriles is 1. The highest BCUT2D eigenvalue weighted by atomic mass is 16.5. The lowest BCUT2D eigenvalue weighted by atomic mass is 10.1. The second kappa shape index (κ2) is 11.0. The molecule has 8 heteroatoms. The predicted molar refractivity (Wildman–Crippen MR) is 136 cm³/mol. The fourth-order valence-corrected chi connectivity index (χ4v) is 3.65. The Bertz CT molecular complexity index is 1540. The molecule has 0 aliphatic rings. The molecule has 8 nitrogen and oxygen atoms in total. The summed E-state index contributed by atoms with van der Waals surface area (Å²) in [5, 5.41) is 12.5. The number of para-hydroxylation sites is 2. The molecule has 2 aromatic heterocycles. The predicted octanol–water partition coefficient (Wildman–Crippen LogP) is 4.07. The number of carbonyl (C=O) groups is 1. The number of rotatable bonds is 8. The van der Waals surface area contributed by atoms with Gasteiger partial charge in [0.05, 0.1) is 7.11 Å². The maximum absolute atomic E-state index is 13.4. The van der Waals surface area contributed by atoms with Crippen molar-refractivity contribution >= 4 is 17.6 Å². The van der Waals surface area contributed by atoms with Crippen molar-refractivity contribution in [3.05, 3.63) is 106 Å². The van der Waals surface area contributed by atoms with E-state index in [2.05, 4.69) is 10.3 Å². The van der Waals surface area contributed by atoms with Gasteiger partial charge >= 0.3 is 0 Å².